The van der Waals surface area contributed by atoms with E-state index in [4.69, 9.17) is 29.3 Å². The van der Waals surface area contributed by atoms with Gasteiger partial charge in [0.1, 0.15) is 36.2 Å². The van der Waals surface area contributed by atoms with Crippen molar-refractivity contribution in [2.24, 2.45) is 0 Å². The maximum atomic E-state index is 12.4. The molecular weight excluding hydrogens is 613 g/mol. The van der Waals surface area contributed by atoms with Gasteiger partial charge in [0, 0.05) is 6.54 Å². The number of nitrogens with two attached hydrogens (primary N) is 1. The Morgan fingerprint density at radius 1 is 1.15 bits per heavy atom. The van der Waals surface area contributed by atoms with Crippen LogP contribution in [0, 0.1) is 0 Å². The Morgan fingerprint density at radius 3 is 2.44 bits per heavy atom. The van der Waals surface area contributed by atoms with Crippen LogP contribution in [0.3, 0.4) is 0 Å². The topological polar surface area (TPSA) is 308 Å². The van der Waals surface area contributed by atoms with Gasteiger partial charge in [0.05, 0.1) is 6.33 Å². The second-order valence-corrected chi connectivity index (χ2v) is 12.9. The molecule has 0 spiro atoms. The zero-order valence-electron chi connectivity index (χ0n) is 19.7. The summed E-state index contributed by atoms with van der Waals surface area (Å²) in [6.07, 6.45) is -3.04. The number of phosphoric ester groups is 2. The van der Waals surface area contributed by atoms with Crippen molar-refractivity contribution in [3.8, 4) is 0 Å². The fourth-order valence-corrected chi connectivity index (χ4v) is 6.47. The van der Waals surface area contributed by atoms with Gasteiger partial charge in [-0.15, -0.1) is 0 Å². The van der Waals surface area contributed by atoms with E-state index in [1.54, 1.807) is 6.26 Å². The van der Waals surface area contributed by atoms with Crippen LogP contribution in [0.5, 0.6) is 0 Å². The first kappa shape index (κ1) is 32.0. The molecule has 0 amide bonds. The van der Waals surface area contributed by atoms with Crippen LogP contribution in [0.2, 0.25) is 0 Å². The lowest BCUT2D eigenvalue weighted by Gasteiger charge is -2.26. The summed E-state index contributed by atoms with van der Waals surface area (Å²) in [4.78, 5) is 70.5. The van der Waals surface area contributed by atoms with E-state index >= 15 is 0 Å². The molecule has 220 valence electrons. The summed E-state index contributed by atoms with van der Waals surface area (Å²) in [6.45, 7) is -0.465. The molecule has 0 aliphatic carbocycles. The minimum atomic E-state index is -5.64. The van der Waals surface area contributed by atoms with E-state index in [-0.39, 0.29) is 23.4 Å². The van der Waals surface area contributed by atoms with E-state index in [1.807, 2.05) is 0 Å². The number of hydrogen-bond donors (Lipinski definition) is 8. The van der Waals surface area contributed by atoms with E-state index in [2.05, 4.69) is 24.6 Å². The molecule has 2 aromatic heterocycles. The van der Waals surface area contributed by atoms with Crippen molar-refractivity contribution in [2.45, 2.75) is 37.0 Å². The van der Waals surface area contributed by atoms with Crippen LogP contribution in [-0.2, 0) is 36.6 Å². The van der Waals surface area contributed by atoms with Crippen LogP contribution >= 0.6 is 35.2 Å². The number of phosphoric acid groups is 3. The highest BCUT2D eigenvalue weighted by Crippen LogP contribution is 2.60. The normalized spacial score (nSPS) is 24.6. The third-order valence-corrected chi connectivity index (χ3v) is 8.49. The molecule has 24 heteroatoms. The largest absolute Gasteiger partial charge is 0.481 e. The van der Waals surface area contributed by atoms with Crippen molar-refractivity contribution >= 4 is 58.2 Å². The molecule has 1 saturated heterocycles. The first-order valence-electron chi connectivity index (χ1n) is 10.6. The summed E-state index contributed by atoms with van der Waals surface area (Å²) in [7, 11) is -16.6. The Labute approximate surface area is 223 Å². The molecule has 1 unspecified atom stereocenters. The van der Waals surface area contributed by atoms with E-state index < -0.39 is 66.6 Å². The number of carboxylic acid groups (broad SMARTS) is 1. The fraction of sp³-hybridized carbons (Fsp3) is 0.600. The van der Waals surface area contributed by atoms with Gasteiger partial charge in [0.15, 0.2) is 17.7 Å². The van der Waals surface area contributed by atoms with Gasteiger partial charge in [-0.05, 0) is 18.4 Å². The van der Waals surface area contributed by atoms with Crippen molar-refractivity contribution in [1.29, 1.82) is 0 Å². The number of nitrogens with one attached hydrogen (secondary N) is 1. The molecule has 9 N–H and O–H groups in total. The first-order valence-corrected chi connectivity index (χ1v) is 16.5. The van der Waals surface area contributed by atoms with Gasteiger partial charge in [0.2, 0.25) is 0 Å². The number of ether oxygens (including phenoxy) is 1. The SMILES string of the molecule is CSCC[C@H](NC[C@H]1O[C@@H](n2cnc3c(N)ncnc32)[C@H](OP(=O)(O)O)[C@@H]1OP(=O)(O)OP(=O)(O)O)C(=O)O. The van der Waals surface area contributed by atoms with Crippen LogP contribution in [-0.4, -0.2) is 98.0 Å². The highest BCUT2D eigenvalue weighted by atomic mass is 32.2. The van der Waals surface area contributed by atoms with Crippen LogP contribution < -0.4 is 11.1 Å². The van der Waals surface area contributed by atoms with Crippen molar-refractivity contribution < 1.29 is 66.2 Å². The molecule has 0 aromatic carbocycles. The van der Waals surface area contributed by atoms with E-state index in [9.17, 15) is 38.3 Å². The molecule has 20 nitrogen and oxygen atoms in total. The molecule has 2 aromatic rings. The van der Waals surface area contributed by atoms with Crippen LogP contribution in [0.15, 0.2) is 12.7 Å². The van der Waals surface area contributed by atoms with Crippen molar-refractivity contribution in [3.63, 3.8) is 0 Å². The second kappa shape index (κ2) is 12.5. The van der Waals surface area contributed by atoms with Gasteiger partial charge in [0.25, 0.3) is 0 Å². The Hall–Kier alpha value is -1.54. The summed E-state index contributed by atoms with van der Waals surface area (Å²) in [5.74, 6) is -0.876. The molecule has 1 aliphatic rings. The lowest BCUT2D eigenvalue weighted by atomic mass is 10.1. The summed E-state index contributed by atoms with van der Waals surface area (Å²) in [6, 6.07) is -1.14. The number of thioether (sulfide) groups is 1. The number of rotatable bonds is 14. The zero-order chi connectivity index (χ0) is 29.2. The number of hydrogen-bond acceptors (Lipinski definition) is 14. The Balaban J connectivity index is 2.04. The number of aliphatic carboxylic acids is 1. The quantitative estimate of drug-likeness (QED) is 0.117. The monoisotopic (exact) mass is 638 g/mol. The van der Waals surface area contributed by atoms with Crippen molar-refractivity contribution in [3.05, 3.63) is 12.7 Å². The van der Waals surface area contributed by atoms with Gasteiger partial charge in [-0.3, -0.25) is 18.4 Å². The number of anilines is 1. The van der Waals surface area contributed by atoms with E-state index in [0.29, 0.717) is 5.75 Å². The van der Waals surface area contributed by atoms with Crippen LogP contribution in [0.4, 0.5) is 5.82 Å². The maximum Gasteiger partial charge on any atom is 0.481 e. The average Bonchev–Trinajstić information content (AvgIpc) is 3.33. The summed E-state index contributed by atoms with van der Waals surface area (Å²) < 4.78 is 55.9. The fourth-order valence-electron chi connectivity index (χ4n) is 3.67. The average molecular weight is 638 g/mol. The van der Waals surface area contributed by atoms with Gasteiger partial charge in [-0.1, -0.05) is 0 Å². The second-order valence-electron chi connectivity index (χ2n) is 7.90. The van der Waals surface area contributed by atoms with Gasteiger partial charge in [-0.2, -0.15) is 16.1 Å². The summed E-state index contributed by atoms with van der Waals surface area (Å²) in [5, 5.41) is 12.2. The highest BCUT2D eigenvalue weighted by Gasteiger charge is 2.53. The Morgan fingerprint density at radius 2 is 1.85 bits per heavy atom. The van der Waals surface area contributed by atoms with Crippen LogP contribution in [0.25, 0.3) is 11.2 Å². The summed E-state index contributed by atoms with van der Waals surface area (Å²) >= 11 is 1.37. The highest BCUT2D eigenvalue weighted by molar-refractivity contribution is 7.98. The van der Waals surface area contributed by atoms with Crippen LogP contribution in [0.1, 0.15) is 12.6 Å². The number of fused-ring (bicyclic) bond motifs is 1. The summed E-state index contributed by atoms with van der Waals surface area (Å²) in [5.41, 5.74) is 5.81. The van der Waals surface area contributed by atoms with E-state index in [0.717, 1.165) is 17.2 Å². The number of carboxylic acids is 1. The van der Waals surface area contributed by atoms with Crippen molar-refractivity contribution in [2.75, 3.05) is 24.3 Å². The number of imidazole rings is 1. The Bertz CT molecular complexity index is 1320. The smallest absolute Gasteiger partial charge is 0.480 e. The minimum Gasteiger partial charge on any atom is -0.480 e. The molecule has 39 heavy (non-hydrogen) atoms. The third-order valence-electron chi connectivity index (χ3n) is 5.14. The standard InChI is InChI=1S/C15H25N6O14P3S/c1-39-3-2-7(15(22)23)17-4-8-10(34-38(30,31)35-37(27,28)29)11(33-36(24,25)26)14(32-8)21-6-20-9-12(16)18-5-19-13(9)21/h5-8,10-11,14,17H,2-4H2,1H3,(H,22,23)(H,30,31)(H2,16,18,19)(H2,24,25,26)(H2,27,28,29)/t7-,8+,10+,11+,14+/m0/s1. The van der Waals surface area contributed by atoms with Gasteiger partial charge in [-0.25, -0.2) is 28.6 Å². The molecule has 0 saturated carbocycles. The predicted octanol–water partition coefficient (Wildman–Crippen LogP) is -0.825. The van der Waals surface area contributed by atoms with Gasteiger partial charge >= 0.3 is 29.4 Å². The molecule has 1 fully saturated rings. The molecule has 6 atom stereocenters. The third kappa shape index (κ3) is 8.72. The van der Waals surface area contributed by atoms with Crippen molar-refractivity contribution in [1.82, 2.24) is 24.8 Å². The Kier molecular flexibility index (Phi) is 10.3. The first-order chi connectivity index (χ1) is 18.0. The minimum absolute atomic E-state index is 0.0128. The number of carbonyl (C=O) groups is 1. The lowest BCUT2D eigenvalue weighted by molar-refractivity contribution is -0.139. The molecule has 1 aliphatic heterocycles. The molecule has 3 heterocycles. The predicted molar refractivity (Wildman–Crippen MR) is 131 cm³/mol. The number of aromatic nitrogens is 4. The maximum absolute atomic E-state index is 12.4. The lowest BCUT2D eigenvalue weighted by Crippen LogP contribution is -2.45. The molecule has 0 radical (unpaired) electrons. The van der Waals surface area contributed by atoms with Gasteiger partial charge < -0.3 is 45.4 Å². The molecule has 0 bridgehead atoms. The number of nitrogens with zero attached hydrogens (tertiary/aromatic N) is 4. The molecule has 3 rings (SSSR count). The van der Waals surface area contributed by atoms with E-state index in [1.165, 1.54) is 11.8 Å². The number of nitrogen functional groups attached to an aromatic ring is 1. The molecular formula is C15H25N6O14P3S. The zero-order valence-corrected chi connectivity index (χ0v) is 23.2.